The molecule has 0 saturated carbocycles. The number of aromatic nitrogens is 1. The number of aryl methyl sites for hydroxylation is 2. The molecule has 1 aromatic heterocycles. The van der Waals surface area contributed by atoms with Crippen molar-refractivity contribution in [3.05, 3.63) is 41.0 Å². The van der Waals surface area contributed by atoms with E-state index < -0.39 is 0 Å². The second kappa shape index (κ2) is 4.67. The van der Waals surface area contributed by atoms with Crippen molar-refractivity contribution in [3.63, 3.8) is 0 Å². The van der Waals surface area contributed by atoms with Crippen LogP contribution < -0.4 is 0 Å². The first-order valence-electron chi connectivity index (χ1n) is 5.45. The Morgan fingerprint density at radius 3 is 2.76 bits per heavy atom. The van der Waals surface area contributed by atoms with E-state index in [0.29, 0.717) is 29.2 Å². The molecule has 17 heavy (non-hydrogen) atoms. The first kappa shape index (κ1) is 11.8. The van der Waals surface area contributed by atoms with Crippen LogP contribution in [-0.4, -0.2) is 16.7 Å². The molecule has 0 amide bonds. The quantitative estimate of drug-likeness (QED) is 0.889. The van der Waals surface area contributed by atoms with Crippen molar-refractivity contribution in [3.8, 4) is 11.5 Å². The van der Waals surface area contributed by atoms with Gasteiger partial charge in [-0.2, -0.15) is 0 Å². The van der Waals surface area contributed by atoms with Crippen molar-refractivity contribution >= 4 is 0 Å². The van der Waals surface area contributed by atoms with Crippen LogP contribution >= 0.6 is 0 Å². The molecule has 1 N–H and O–H groups in total. The Kier molecular flexibility index (Phi) is 3.24. The number of oxazole rings is 1. The highest BCUT2D eigenvalue weighted by Gasteiger charge is 2.12. The molecule has 0 aliphatic rings. The maximum atomic E-state index is 13.4. The predicted molar refractivity (Wildman–Crippen MR) is 62.2 cm³/mol. The molecule has 0 aliphatic carbocycles. The lowest BCUT2D eigenvalue weighted by molar-refractivity contribution is 0.288. The van der Waals surface area contributed by atoms with Crippen LogP contribution in [0.25, 0.3) is 11.5 Å². The van der Waals surface area contributed by atoms with Crippen LogP contribution in [0.3, 0.4) is 0 Å². The predicted octanol–water partition coefficient (Wildman–Crippen LogP) is 2.63. The fourth-order valence-corrected chi connectivity index (χ4v) is 1.61. The lowest BCUT2D eigenvalue weighted by Gasteiger charge is -1.98. The SMILES string of the molecule is Cc1ccc(-c2nc(C)c(CCO)o2)cc1F. The lowest BCUT2D eigenvalue weighted by atomic mass is 10.1. The number of benzene rings is 1. The zero-order chi connectivity index (χ0) is 12.4. The summed E-state index contributed by atoms with van der Waals surface area (Å²) >= 11 is 0. The smallest absolute Gasteiger partial charge is 0.226 e. The minimum absolute atomic E-state index is 0.0116. The van der Waals surface area contributed by atoms with Crippen molar-refractivity contribution < 1.29 is 13.9 Å². The van der Waals surface area contributed by atoms with E-state index in [1.807, 2.05) is 6.92 Å². The molecule has 1 aromatic carbocycles. The summed E-state index contributed by atoms with van der Waals surface area (Å²) < 4.78 is 18.9. The van der Waals surface area contributed by atoms with Gasteiger partial charge in [-0.05, 0) is 31.5 Å². The van der Waals surface area contributed by atoms with E-state index in [0.717, 1.165) is 5.69 Å². The van der Waals surface area contributed by atoms with Gasteiger partial charge < -0.3 is 9.52 Å². The maximum Gasteiger partial charge on any atom is 0.226 e. The van der Waals surface area contributed by atoms with E-state index in [1.54, 1.807) is 19.1 Å². The van der Waals surface area contributed by atoms with Crippen molar-refractivity contribution in [2.75, 3.05) is 6.61 Å². The molecule has 90 valence electrons. The van der Waals surface area contributed by atoms with Gasteiger partial charge in [-0.1, -0.05) is 6.07 Å². The van der Waals surface area contributed by atoms with Crippen molar-refractivity contribution in [2.24, 2.45) is 0 Å². The average Bonchev–Trinajstić information content (AvgIpc) is 2.65. The van der Waals surface area contributed by atoms with Gasteiger partial charge in [-0.25, -0.2) is 9.37 Å². The Bertz CT molecular complexity index is 534. The van der Waals surface area contributed by atoms with Gasteiger partial charge in [0.2, 0.25) is 5.89 Å². The summed E-state index contributed by atoms with van der Waals surface area (Å²) in [6, 6.07) is 4.87. The van der Waals surface area contributed by atoms with Crippen LogP contribution in [0, 0.1) is 19.7 Å². The van der Waals surface area contributed by atoms with Gasteiger partial charge in [0.1, 0.15) is 11.6 Å². The number of halogens is 1. The molecule has 4 heteroatoms. The minimum atomic E-state index is -0.276. The van der Waals surface area contributed by atoms with Crippen LogP contribution in [-0.2, 0) is 6.42 Å². The van der Waals surface area contributed by atoms with E-state index >= 15 is 0 Å². The molecule has 0 unspecified atom stereocenters. The normalized spacial score (nSPS) is 10.8. The highest BCUT2D eigenvalue weighted by molar-refractivity contribution is 5.54. The molecule has 2 rings (SSSR count). The van der Waals surface area contributed by atoms with Gasteiger partial charge in [-0.3, -0.25) is 0 Å². The molecular formula is C13H14FNO2. The number of rotatable bonds is 3. The van der Waals surface area contributed by atoms with E-state index in [1.165, 1.54) is 6.07 Å². The molecule has 1 heterocycles. The second-order valence-corrected chi connectivity index (χ2v) is 3.97. The molecule has 0 radical (unpaired) electrons. The Morgan fingerprint density at radius 1 is 1.35 bits per heavy atom. The highest BCUT2D eigenvalue weighted by atomic mass is 19.1. The van der Waals surface area contributed by atoms with Gasteiger partial charge in [0.25, 0.3) is 0 Å². The first-order chi connectivity index (χ1) is 8.11. The highest BCUT2D eigenvalue weighted by Crippen LogP contribution is 2.23. The molecule has 0 fully saturated rings. The van der Waals surface area contributed by atoms with E-state index in [-0.39, 0.29) is 12.4 Å². The summed E-state index contributed by atoms with van der Waals surface area (Å²) in [5.41, 5.74) is 1.93. The van der Waals surface area contributed by atoms with Gasteiger partial charge >= 0.3 is 0 Å². The fourth-order valence-electron chi connectivity index (χ4n) is 1.61. The van der Waals surface area contributed by atoms with Gasteiger partial charge in [-0.15, -0.1) is 0 Å². The lowest BCUT2D eigenvalue weighted by Crippen LogP contribution is -1.89. The van der Waals surface area contributed by atoms with E-state index in [4.69, 9.17) is 9.52 Å². The van der Waals surface area contributed by atoms with Crippen molar-refractivity contribution in [2.45, 2.75) is 20.3 Å². The second-order valence-electron chi connectivity index (χ2n) is 3.97. The van der Waals surface area contributed by atoms with Crippen LogP contribution in [0.2, 0.25) is 0 Å². The maximum absolute atomic E-state index is 13.4. The number of aliphatic hydroxyl groups excluding tert-OH is 1. The standard InChI is InChI=1S/C13H14FNO2/c1-8-3-4-10(7-11(8)14)13-15-9(2)12(17-13)5-6-16/h3-4,7,16H,5-6H2,1-2H3. The molecule has 0 aliphatic heterocycles. The van der Waals surface area contributed by atoms with Crippen LogP contribution in [0.5, 0.6) is 0 Å². The third-order valence-corrected chi connectivity index (χ3v) is 2.65. The zero-order valence-corrected chi connectivity index (χ0v) is 9.83. The number of hydrogen-bond donors (Lipinski definition) is 1. The number of nitrogens with zero attached hydrogens (tertiary/aromatic N) is 1. The Morgan fingerprint density at radius 2 is 2.12 bits per heavy atom. The van der Waals surface area contributed by atoms with E-state index in [9.17, 15) is 4.39 Å². The monoisotopic (exact) mass is 235 g/mol. The fraction of sp³-hybridized carbons (Fsp3) is 0.308. The van der Waals surface area contributed by atoms with Gasteiger partial charge in [0, 0.05) is 12.0 Å². The van der Waals surface area contributed by atoms with E-state index in [2.05, 4.69) is 4.98 Å². The molecule has 0 atom stereocenters. The summed E-state index contributed by atoms with van der Waals surface area (Å²) in [7, 11) is 0. The largest absolute Gasteiger partial charge is 0.441 e. The first-order valence-corrected chi connectivity index (χ1v) is 5.45. The number of aliphatic hydroxyl groups is 1. The molecule has 2 aromatic rings. The third-order valence-electron chi connectivity index (χ3n) is 2.65. The summed E-state index contributed by atoms with van der Waals surface area (Å²) in [4.78, 5) is 4.23. The molecule has 0 spiro atoms. The molecule has 0 bridgehead atoms. The van der Waals surface area contributed by atoms with Crippen molar-refractivity contribution in [1.29, 1.82) is 0 Å². The summed E-state index contributed by atoms with van der Waals surface area (Å²) in [5.74, 6) is 0.760. The van der Waals surface area contributed by atoms with Gasteiger partial charge in [0.05, 0.1) is 12.3 Å². The van der Waals surface area contributed by atoms with Crippen LogP contribution in [0.4, 0.5) is 4.39 Å². The summed E-state index contributed by atoms with van der Waals surface area (Å²) in [6.07, 6.45) is 0.424. The Labute approximate surface area is 98.9 Å². The average molecular weight is 235 g/mol. The van der Waals surface area contributed by atoms with Crippen LogP contribution in [0.1, 0.15) is 17.0 Å². The molecule has 0 saturated heterocycles. The van der Waals surface area contributed by atoms with Gasteiger partial charge in [0.15, 0.2) is 0 Å². The Hall–Kier alpha value is -1.68. The summed E-state index contributed by atoms with van der Waals surface area (Å²) in [6.45, 7) is 3.53. The molecule has 3 nitrogen and oxygen atoms in total. The summed E-state index contributed by atoms with van der Waals surface area (Å²) in [5, 5.41) is 8.86. The number of hydrogen-bond acceptors (Lipinski definition) is 3. The zero-order valence-electron chi connectivity index (χ0n) is 9.83. The van der Waals surface area contributed by atoms with Crippen LogP contribution in [0.15, 0.2) is 22.6 Å². The minimum Gasteiger partial charge on any atom is -0.441 e. The van der Waals surface area contributed by atoms with Crippen molar-refractivity contribution in [1.82, 2.24) is 4.98 Å². The topological polar surface area (TPSA) is 46.3 Å². The molecular weight excluding hydrogens is 221 g/mol. The third kappa shape index (κ3) is 2.36. The Balaban J connectivity index is 2.39.